The fraction of sp³-hybridized carbons (Fsp3) is 0.636. The summed E-state index contributed by atoms with van der Waals surface area (Å²) < 4.78 is 0. The first-order valence-electron chi connectivity index (χ1n) is 10.5. The SMILES string of the molecule is CN=C(NCCN(C(C)C)C(C)C)NCc1ccc(N2CCCCC2=O)cc1. The number of aliphatic imine (C=N–C) groups is 1. The first-order valence-corrected chi connectivity index (χ1v) is 10.5. The van der Waals surface area contributed by atoms with E-state index in [1.54, 1.807) is 7.05 Å². The molecule has 0 bridgehead atoms. The largest absolute Gasteiger partial charge is 0.355 e. The van der Waals surface area contributed by atoms with Crippen molar-refractivity contribution in [2.45, 2.75) is 65.6 Å². The minimum absolute atomic E-state index is 0.235. The van der Waals surface area contributed by atoms with Crippen LogP contribution >= 0.6 is 0 Å². The van der Waals surface area contributed by atoms with Crippen molar-refractivity contribution < 1.29 is 4.79 Å². The van der Waals surface area contributed by atoms with E-state index in [-0.39, 0.29) is 5.91 Å². The van der Waals surface area contributed by atoms with Crippen LogP contribution in [0.5, 0.6) is 0 Å². The number of nitrogens with one attached hydrogen (secondary N) is 2. The quantitative estimate of drug-likeness (QED) is 0.532. The van der Waals surface area contributed by atoms with Gasteiger partial charge >= 0.3 is 0 Å². The Balaban J connectivity index is 1.80. The van der Waals surface area contributed by atoms with Gasteiger partial charge in [0, 0.05) is 57.4 Å². The lowest BCUT2D eigenvalue weighted by Gasteiger charge is -2.30. The lowest BCUT2D eigenvalue weighted by atomic mass is 10.1. The minimum atomic E-state index is 0.235. The molecule has 1 aliphatic rings. The topological polar surface area (TPSA) is 60.0 Å². The van der Waals surface area contributed by atoms with Crippen molar-refractivity contribution in [2.75, 3.05) is 31.6 Å². The summed E-state index contributed by atoms with van der Waals surface area (Å²) in [6, 6.07) is 9.30. The van der Waals surface area contributed by atoms with Crippen molar-refractivity contribution in [3.8, 4) is 0 Å². The average Bonchev–Trinajstić information content (AvgIpc) is 2.67. The van der Waals surface area contributed by atoms with Crippen LogP contribution in [0.25, 0.3) is 0 Å². The summed E-state index contributed by atoms with van der Waals surface area (Å²) in [7, 11) is 1.79. The molecule has 0 atom stereocenters. The Hall–Kier alpha value is -2.08. The molecule has 1 amide bonds. The lowest BCUT2D eigenvalue weighted by molar-refractivity contribution is -0.119. The Kier molecular flexibility index (Phi) is 8.77. The molecule has 1 aromatic rings. The maximum atomic E-state index is 12.1. The van der Waals surface area contributed by atoms with Crippen LogP contribution in [0.4, 0.5) is 5.69 Å². The number of hydrogen-bond donors (Lipinski definition) is 2. The van der Waals surface area contributed by atoms with E-state index in [0.717, 1.165) is 44.1 Å². The van der Waals surface area contributed by atoms with Crippen LogP contribution in [0, 0.1) is 0 Å². The molecule has 2 rings (SSSR count). The predicted molar refractivity (Wildman–Crippen MR) is 118 cm³/mol. The van der Waals surface area contributed by atoms with Crippen molar-refractivity contribution in [1.29, 1.82) is 0 Å². The van der Waals surface area contributed by atoms with Gasteiger partial charge in [-0.15, -0.1) is 0 Å². The molecule has 0 unspecified atom stereocenters. The summed E-state index contributed by atoms with van der Waals surface area (Å²) in [5, 5.41) is 6.76. The Morgan fingerprint density at radius 3 is 2.36 bits per heavy atom. The molecule has 1 heterocycles. The van der Waals surface area contributed by atoms with Gasteiger partial charge in [-0.25, -0.2) is 0 Å². The van der Waals surface area contributed by atoms with E-state index in [1.165, 1.54) is 5.56 Å². The molecule has 0 radical (unpaired) electrons. The summed E-state index contributed by atoms with van der Waals surface area (Å²) >= 11 is 0. The van der Waals surface area contributed by atoms with Gasteiger partial charge in [0.15, 0.2) is 5.96 Å². The normalized spacial score (nSPS) is 15.6. The molecule has 156 valence electrons. The summed E-state index contributed by atoms with van der Waals surface area (Å²) in [4.78, 5) is 20.7. The first kappa shape index (κ1) is 22.2. The van der Waals surface area contributed by atoms with Crippen LogP contribution in [0.15, 0.2) is 29.3 Å². The third-order valence-corrected chi connectivity index (χ3v) is 5.24. The maximum Gasteiger partial charge on any atom is 0.226 e. The third kappa shape index (κ3) is 6.51. The van der Waals surface area contributed by atoms with Crippen LogP contribution in [-0.2, 0) is 11.3 Å². The molecule has 28 heavy (non-hydrogen) atoms. The second-order valence-corrected chi connectivity index (χ2v) is 7.95. The summed E-state index contributed by atoms with van der Waals surface area (Å²) in [6.07, 6.45) is 2.76. The number of guanidine groups is 1. The highest BCUT2D eigenvalue weighted by molar-refractivity contribution is 5.93. The van der Waals surface area contributed by atoms with Crippen molar-refractivity contribution in [2.24, 2.45) is 4.99 Å². The van der Waals surface area contributed by atoms with E-state index in [4.69, 9.17) is 0 Å². The Bertz CT molecular complexity index is 631. The van der Waals surface area contributed by atoms with Crippen molar-refractivity contribution in [1.82, 2.24) is 15.5 Å². The van der Waals surface area contributed by atoms with Crippen LogP contribution in [0.3, 0.4) is 0 Å². The Labute approximate surface area is 170 Å². The predicted octanol–water partition coefficient (Wildman–Crippen LogP) is 2.99. The smallest absolute Gasteiger partial charge is 0.226 e. The van der Waals surface area contributed by atoms with Crippen LogP contribution in [0.1, 0.15) is 52.5 Å². The highest BCUT2D eigenvalue weighted by Gasteiger charge is 2.19. The number of nitrogens with zero attached hydrogens (tertiary/aromatic N) is 3. The minimum Gasteiger partial charge on any atom is -0.355 e. The van der Waals surface area contributed by atoms with Crippen LogP contribution in [0.2, 0.25) is 0 Å². The lowest BCUT2D eigenvalue weighted by Crippen LogP contribution is -2.45. The van der Waals surface area contributed by atoms with E-state index in [2.05, 4.69) is 60.4 Å². The van der Waals surface area contributed by atoms with Crippen LogP contribution in [-0.4, -0.2) is 55.5 Å². The Morgan fingerprint density at radius 1 is 1.11 bits per heavy atom. The molecule has 1 aliphatic heterocycles. The molecular formula is C22H37N5O. The molecule has 6 nitrogen and oxygen atoms in total. The molecule has 0 spiro atoms. The van der Waals surface area contributed by atoms with Gasteiger partial charge in [0.2, 0.25) is 5.91 Å². The van der Waals surface area contributed by atoms with E-state index in [1.807, 2.05) is 17.0 Å². The van der Waals surface area contributed by atoms with Gasteiger partial charge in [-0.1, -0.05) is 12.1 Å². The van der Waals surface area contributed by atoms with Crippen LogP contribution < -0.4 is 15.5 Å². The molecule has 0 saturated carbocycles. The number of benzene rings is 1. The second kappa shape index (κ2) is 11.1. The zero-order valence-electron chi connectivity index (χ0n) is 18.2. The van der Waals surface area contributed by atoms with E-state index in [9.17, 15) is 4.79 Å². The monoisotopic (exact) mass is 387 g/mol. The zero-order chi connectivity index (χ0) is 20.5. The molecule has 0 aromatic heterocycles. The first-order chi connectivity index (χ1) is 13.4. The highest BCUT2D eigenvalue weighted by atomic mass is 16.2. The van der Waals surface area contributed by atoms with Crippen molar-refractivity contribution >= 4 is 17.6 Å². The van der Waals surface area contributed by atoms with Gasteiger partial charge in [-0.05, 0) is 58.2 Å². The third-order valence-electron chi connectivity index (χ3n) is 5.24. The fourth-order valence-electron chi connectivity index (χ4n) is 3.70. The molecule has 1 saturated heterocycles. The maximum absolute atomic E-state index is 12.1. The number of carbonyl (C=O) groups is 1. The molecule has 6 heteroatoms. The number of piperidine rings is 1. The standard InChI is InChI=1S/C22H37N5O/c1-17(2)26(18(3)4)15-13-24-22(23-5)25-16-19-9-11-20(12-10-19)27-14-7-6-8-21(27)28/h9-12,17-18H,6-8,13-16H2,1-5H3,(H2,23,24,25). The number of rotatable bonds is 8. The number of amides is 1. The van der Waals surface area contributed by atoms with E-state index in [0.29, 0.717) is 25.0 Å². The molecule has 2 N–H and O–H groups in total. The van der Waals surface area contributed by atoms with Crippen molar-refractivity contribution in [3.05, 3.63) is 29.8 Å². The Morgan fingerprint density at radius 2 is 1.79 bits per heavy atom. The second-order valence-electron chi connectivity index (χ2n) is 7.95. The molecule has 1 fully saturated rings. The van der Waals surface area contributed by atoms with Gasteiger partial charge < -0.3 is 15.5 Å². The van der Waals surface area contributed by atoms with E-state index >= 15 is 0 Å². The van der Waals surface area contributed by atoms with Gasteiger partial charge in [0.05, 0.1) is 0 Å². The number of carbonyl (C=O) groups excluding carboxylic acids is 1. The number of anilines is 1. The van der Waals surface area contributed by atoms with Gasteiger partial charge in [0.25, 0.3) is 0 Å². The van der Waals surface area contributed by atoms with Gasteiger partial charge in [0.1, 0.15) is 0 Å². The van der Waals surface area contributed by atoms with Gasteiger partial charge in [-0.3, -0.25) is 14.7 Å². The fourth-order valence-corrected chi connectivity index (χ4v) is 3.70. The summed E-state index contributed by atoms with van der Waals surface area (Å²) in [6.45, 7) is 12.3. The summed E-state index contributed by atoms with van der Waals surface area (Å²) in [5.41, 5.74) is 2.17. The molecular weight excluding hydrogens is 350 g/mol. The molecule has 1 aromatic carbocycles. The highest BCUT2D eigenvalue weighted by Crippen LogP contribution is 2.21. The summed E-state index contributed by atoms with van der Waals surface area (Å²) in [5.74, 6) is 1.04. The van der Waals surface area contributed by atoms with E-state index < -0.39 is 0 Å². The molecule has 0 aliphatic carbocycles. The van der Waals surface area contributed by atoms with Gasteiger partial charge in [-0.2, -0.15) is 0 Å². The number of hydrogen-bond acceptors (Lipinski definition) is 3. The average molecular weight is 388 g/mol. The zero-order valence-corrected chi connectivity index (χ0v) is 18.2. The van der Waals surface area contributed by atoms with Crippen molar-refractivity contribution in [3.63, 3.8) is 0 Å².